The summed E-state index contributed by atoms with van der Waals surface area (Å²) < 4.78 is 1.63. The number of allylic oxidation sites excluding steroid dienone is 2. The molecule has 2 aliphatic rings. The van der Waals surface area contributed by atoms with Crippen molar-refractivity contribution in [3.05, 3.63) is 47.7 Å². The summed E-state index contributed by atoms with van der Waals surface area (Å²) >= 11 is 0. The lowest BCUT2D eigenvalue weighted by Gasteiger charge is -2.27. The number of carbonyl (C=O) groups is 2. The Morgan fingerprint density at radius 3 is 2.35 bits per heavy atom. The van der Waals surface area contributed by atoms with Gasteiger partial charge in [-0.25, -0.2) is 0 Å². The van der Waals surface area contributed by atoms with Gasteiger partial charge < -0.3 is 21.8 Å². The smallest absolute Gasteiger partial charge is 0.270 e. The third-order valence-electron chi connectivity index (χ3n) is 6.59. The molecule has 1 atom stereocenters. The summed E-state index contributed by atoms with van der Waals surface area (Å²) in [7, 11) is 0. The molecule has 34 heavy (non-hydrogen) atoms. The van der Waals surface area contributed by atoms with Gasteiger partial charge in [0.15, 0.2) is 0 Å². The van der Waals surface area contributed by atoms with Gasteiger partial charge in [-0.1, -0.05) is 0 Å². The number of anilines is 1. The molecule has 2 fully saturated rings. The van der Waals surface area contributed by atoms with Gasteiger partial charge in [-0.3, -0.25) is 19.3 Å². The summed E-state index contributed by atoms with van der Waals surface area (Å²) in [6.07, 6.45) is 7.55. The first-order valence-electron chi connectivity index (χ1n) is 11.9. The van der Waals surface area contributed by atoms with Crippen LogP contribution in [0.1, 0.15) is 62.6 Å². The largest absolute Gasteiger partial charge is 0.402 e. The van der Waals surface area contributed by atoms with Crippen LogP contribution >= 0.6 is 0 Å². The van der Waals surface area contributed by atoms with E-state index in [0.29, 0.717) is 52.4 Å². The van der Waals surface area contributed by atoms with Crippen LogP contribution in [0.25, 0.3) is 5.57 Å². The van der Waals surface area contributed by atoms with E-state index in [1.165, 1.54) is 0 Å². The maximum Gasteiger partial charge on any atom is 0.270 e. The zero-order valence-electron chi connectivity index (χ0n) is 20.0. The quantitative estimate of drug-likeness (QED) is 0.401. The maximum atomic E-state index is 13.5. The molecule has 2 aliphatic carbocycles. The molecule has 2 amide bonds. The van der Waals surface area contributed by atoms with Crippen molar-refractivity contribution in [1.29, 1.82) is 5.41 Å². The number of pyridine rings is 1. The molecule has 0 aromatic carbocycles. The number of carbonyl (C=O) groups excluding carboxylic acids is 2. The van der Waals surface area contributed by atoms with Crippen LogP contribution in [0.15, 0.2) is 36.3 Å². The molecule has 9 heteroatoms. The molecule has 2 aromatic rings. The first-order chi connectivity index (χ1) is 16.3. The average Bonchev–Trinajstić information content (AvgIpc) is 3.73. The fraction of sp³-hybridized carbons (Fsp3) is 0.480. The van der Waals surface area contributed by atoms with E-state index in [1.807, 2.05) is 6.92 Å². The lowest BCUT2D eigenvalue weighted by molar-refractivity contribution is -0.119. The number of hydrogen-bond acceptors (Lipinski definition) is 6. The van der Waals surface area contributed by atoms with Gasteiger partial charge in [-0.15, -0.1) is 0 Å². The van der Waals surface area contributed by atoms with Crippen molar-refractivity contribution < 1.29 is 9.59 Å². The molecule has 0 saturated heterocycles. The van der Waals surface area contributed by atoms with E-state index >= 15 is 0 Å². The highest BCUT2D eigenvalue weighted by Crippen LogP contribution is 2.50. The van der Waals surface area contributed by atoms with Crippen molar-refractivity contribution in [3.8, 4) is 0 Å². The van der Waals surface area contributed by atoms with Gasteiger partial charge in [0.25, 0.3) is 5.91 Å². The Kier molecular flexibility index (Phi) is 6.81. The lowest BCUT2D eigenvalue weighted by Crippen LogP contribution is -2.50. The van der Waals surface area contributed by atoms with E-state index in [1.54, 1.807) is 49.1 Å². The summed E-state index contributed by atoms with van der Waals surface area (Å²) in [5.74, 6) is 0.549. The van der Waals surface area contributed by atoms with Crippen LogP contribution < -0.4 is 16.4 Å². The van der Waals surface area contributed by atoms with Crippen LogP contribution in [-0.4, -0.2) is 38.3 Å². The lowest BCUT2D eigenvalue weighted by atomic mass is 9.88. The molecule has 2 saturated carbocycles. The Hall–Kier alpha value is -3.49. The zero-order valence-corrected chi connectivity index (χ0v) is 20.0. The summed E-state index contributed by atoms with van der Waals surface area (Å²) in [4.78, 5) is 31.0. The van der Waals surface area contributed by atoms with Crippen LogP contribution in [0.3, 0.4) is 0 Å². The Morgan fingerprint density at radius 2 is 1.85 bits per heavy atom. The van der Waals surface area contributed by atoms with Gasteiger partial charge in [0.2, 0.25) is 5.91 Å². The zero-order chi connectivity index (χ0) is 24.4. The van der Waals surface area contributed by atoms with Gasteiger partial charge in [0, 0.05) is 29.7 Å². The number of amides is 2. The van der Waals surface area contributed by atoms with E-state index in [9.17, 15) is 9.59 Å². The number of aryl methyl sites for hydroxylation is 1. The third-order valence-corrected chi connectivity index (χ3v) is 6.59. The Bertz CT molecular complexity index is 1090. The first-order valence-corrected chi connectivity index (χ1v) is 11.9. The highest BCUT2D eigenvalue weighted by molar-refractivity contribution is 6.21. The number of hydrogen-bond donors (Lipinski definition) is 4. The normalized spacial score (nSPS) is 17.2. The predicted octanol–water partition coefficient (Wildman–Crippen LogP) is 3.20. The predicted molar refractivity (Wildman–Crippen MR) is 131 cm³/mol. The minimum absolute atomic E-state index is 0.129. The van der Waals surface area contributed by atoms with E-state index < -0.39 is 6.04 Å². The van der Waals surface area contributed by atoms with Crippen molar-refractivity contribution in [2.75, 3.05) is 5.32 Å². The molecule has 0 bridgehead atoms. The molecule has 5 N–H and O–H groups in total. The Labute approximate surface area is 199 Å². The summed E-state index contributed by atoms with van der Waals surface area (Å²) in [5.41, 5.74) is 8.92. The molecular formula is C25H33N7O2. The molecule has 0 spiro atoms. The number of aromatic nitrogens is 3. The van der Waals surface area contributed by atoms with Crippen LogP contribution in [0.5, 0.6) is 0 Å². The summed E-state index contributed by atoms with van der Waals surface area (Å²) in [6, 6.07) is 4.54. The van der Waals surface area contributed by atoms with Gasteiger partial charge in [0.1, 0.15) is 11.7 Å². The van der Waals surface area contributed by atoms with Gasteiger partial charge >= 0.3 is 0 Å². The molecule has 2 heterocycles. The second-order valence-corrected chi connectivity index (χ2v) is 9.34. The van der Waals surface area contributed by atoms with Gasteiger partial charge in [-0.2, -0.15) is 5.10 Å². The van der Waals surface area contributed by atoms with Gasteiger partial charge in [-0.05, 0) is 82.4 Å². The van der Waals surface area contributed by atoms with Gasteiger partial charge in [0.05, 0.1) is 17.6 Å². The Morgan fingerprint density at radius 1 is 1.18 bits per heavy atom. The molecule has 9 nitrogen and oxygen atoms in total. The SMILES string of the molecule is CCn1nccc1C(=O)N[C@H](C(=O)Nc1ccc(C(C(C)=N)=C(C)N)nc1)C(C1CC1)C1CC1. The van der Waals surface area contributed by atoms with Crippen LogP contribution in [0.2, 0.25) is 0 Å². The second kappa shape index (κ2) is 9.79. The van der Waals surface area contributed by atoms with Crippen LogP contribution in [0.4, 0.5) is 5.69 Å². The van der Waals surface area contributed by atoms with E-state index in [2.05, 4.69) is 20.7 Å². The molecule has 2 aromatic heterocycles. The number of rotatable bonds is 10. The van der Waals surface area contributed by atoms with E-state index in [4.69, 9.17) is 11.1 Å². The molecule has 180 valence electrons. The fourth-order valence-electron chi connectivity index (χ4n) is 4.75. The first kappa shape index (κ1) is 23.7. The summed E-state index contributed by atoms with van der Waals surface area (Å²) in [5, 5.41) is 18.1. The van der Waals surface area contributed by atoms with Crippen molar-refractivity contribution in [2.45, 2.75) is 59.0 Å². The van der Waals surface area contributed by atoms with Crippen molar-refractivity contribution in [3.63, 3.8) is 0 Å². The molecule has 0 aliphatic heterocycles. The van der Waals surface area contributed by atoms with Crippen LogP contribution in [0, 0.1) is 23.2 Å². The highest BCUT2D eigenvalue weighted by atomic mass is 16.2. The topological polar surface area (TPSA) is 139 Å². The van der Waals surface area contributed by atoms with E-state index in [-0.39, 0.29) is 17.7 Å². The van der Waals surface area contributed by atoms with Crippen molar-refractivity contribution in [1.82, 2.24) is 20.1 Å². The molecule has 0 unspecified atom stereocenters. The van der Waals surface area contributed by atoms with Crippen molar-refractivity contribution in [2.24, 2.45) is 23.5 Å². The minimum atomic E-state index is -0.627. The standard InChI is InChI=1S/C25H33N7O2/c1-4-32-20(11-12-29-32)24(33)31-23(22(16-5-6-16)17-7-8-17)25(34)30-18-9-10-19(28-13-18)21(14(2)26)15(3)27/h9-13,16-17,22-23,26H,4-8,27H2,1-3H3,(H,30,34)(H,31,33)/t23-/m0/s1. The second-order valence-electron chi connectivity index (χ2n) is 9.34. The fourth-order valence-corrected chi connectivity index (χ4v) is 4.75. The molecule has 4 rings (SSSR count). The molecule has 0 radical (unpaired) electrons. The monoisotopic (exact) mass is 463 g/mol. The van der Waals surface area contributed by atoms with Crippen LogP contribution in [-0.2, 0) is 11.3 Å². The average molecular weight is 464 g/mol. The van der Waals surface area contributed by atoms with E-state index in [0.717, 1.165) is 25.7 Å². The number of nitrogens with one attached hydrogen (secondary N) is 3. The highest BCUT2D eigenvalue weighted by Gasteiger charge is 2.48. The molecular weight excluding hydrogens is 430 g/mol. The number of nitrogens with two attached hydrogens (primary N) is 1. The number of nitrogens with zero attached hydrogens (tertiary/aromatic N) is 3. The third kappa shape index (κ3) is 5.18. The maximum absolute atomic E-state index is 13.5. The Balaban J connectivity index is 1.54. The summed E-state index contributed by atoms with van der Waals surface area (Å²) in [6.45, 7) is 5.90. The van der Waals surface area contributed by atoms with Crippen molar-refractivity contribution >= 4 is 28.8 Å². The minimum Gasteiger partial charge on any atom is -0.402 e.